The van der Waals surface area contributed by atoms with Gasteiger partial charge in [-0.05, 0) is 42.7 Å². The van der Waals surface area contributed by atoms with Gasteiger partial charge in [-0.2, -0.15) is 0 Å². The molecule has 7 heteroatoms. The fraction of sp³-hybridized carbons (Fsp3) is 0.217. The van der Waals surface area contributed by atoms with Crippen molar-refractivity contribution in [2.75, 3.05) is 11.9 Å². The second-order valence-corrected chi connectivity index (χ2v) is 8.88. The molecule has 0 spiro atoms. The van der Waals surface area contributed by atoms with Gasteiger partial charge in [-0.15, -0.1) is 11.3 Å². The average molecular weight is 487 g/mol. The summed E-state index contributed by atoms with van der Waals surface area (Å²) >= 11 is 4.77. The molecule has 0 bridgehead atoms. The Morgan fingerprint density at radius 3 is 2.57 bits per heavy atom. The molecule has 0 aliphatic carbocycles. The number of hydrogen-bond donors (Lipinski definition) is 2. The van der Waals surface area contributed by atoms with E-state index in [1.54, 1.807) is 12.1 Å². The van der Waals surface area contributed by atoms with Gasteiger partial charge in [-0.3, -0.25) is 9.59 Å². The number of halogens is 1. The number of aryl methyl sites for hydroxylation is 1. The van der Waals surface area contributed by atoms with Crippen LogP contribution in [0.3, 0.4) is 0 Å². The summed E-state index contributed by atoms with van der Waals surface area (Å²) in [5.74, 6) is -0.409. The topological polar surface area (TPSA) is 81.4 Å². The molecule has 0 atom stereocenters. The molecule has 3 rings (SSSR count). The third kappa shape index (κ3) is 5.09. The van der Waals surface area contributed by atoms with Crippen molar-refractivity contribution >= 4 is 44.1 Å². The predicted molar refractivity (Wildman–Crippen MR) is 125 cm³/mol. The Kier molecular flexibility index (Phi) is 7.29. The molecule has 30 heavy (non-hydrogen) atoms. The van der Waals surface area contributed by atoms with E-state index >= 15 is 0 Å². The lowest BCUT2D eigenvalue weighted by Gasteiger charge is -2.12. The minimum Gasteiger partial charge on any atom is -0.492 e. The average Bonchev–Trinajstić information content (AvgIpc) is 3.04. The third-order valence-corrected chi connectivity index (χ3v) is 6.27. The zero-order valence-electron chi connectivity index (χ0n) is 16.8. The van der Waals surface area contributed by atoms with E-state index in [0.29, 0.717) is 34.9 Å². The summed E-state index contributed by atoms with van der Waals surface area (Å²) in [4.78, 5) is 26.0. The lowest BCUT2D eigenvalue weighted by atomic mass is 10.1. The van der Waals surface area contributed by atoms with E-state index in [-0.39, 0.29) is 5.91 Å². The maximum Gasteiger partial charge on any atom is 0.260 e. The molecule has 5 nitrogen and oxygen atoms in total. The van der Waals surface area contributed by atoms with Gasteiger partial charge in [0.1, 0.15) is 10.8 Å². The summed E-state index contributed by atoms with van der Waals surface area (Å²) in [6, 6.07) is 15.3. The molecule has 3 N–H and O–H groups in total. The largest absolute Gasteiger partial charge is 0.492 e. The molecule has 0 radical (unpaired) electrons. The van der Waals surface area contributed by atoms with Crippen molar-refractivity contribution < 1.29 is 14.3 Å². The first-order valence-corrected chi connectivity index (χ1v) is 11.2. The number of rotatable bonds is 8. The number of nitrogens with one attached hydrogen (secondary N) is 1. The van der Waals surface area contributed by atoms with Crippen LogP contribution in [0.25, 0.3) is 0 Å². The third-order valence-electron chi connectivity index (χ3n) is 4.71. The van der Waals surface area contributed by atoms with Crippen molar-refractivity contribution in [3.63, 3.8) is 0 Å². The smallest absolute Gasteiger partial charge is 0.260 e. The van der Waals surface area contributed by atoms with Gasteiger partial charge in [0.2, 0.25) is 0 Å². The molecule has 1 heterocycles. The second-order valence-electron chi connectivity index (χ2n) is 6.74. The van der Waals surface area contributed by atoms with Gasteiger partial charge in [-0.1, -0.05) is 53.2 Å². The van der Waals surface area contributed by atoms with Gasteiger partial charge in [0.15, 0.2) is 0 Å². The molecule has 0 aliphatic rings. The maximum atomic E-state index is 13.0. The molecule has 0 fully saturated rings. The number of nitrogens with two attached hydrogens (primary N) is 1. The summed E-state index contributed by atoms with van der Waals surface area (Å²) in [7, 11) is 0. The van der Waals surface area contributed by atoms with Gasteiger partial charge in [0, 0.05) is 15.8 Å². The van der Waals surface area contributed by atoms with Crippen LogP contribution in [-0.2, 0) is 12.8 Å². The molecule has 0 aliphatic heterocycles. The summed E-state index contributed by atoms with van der Waals surface area (Å²) in [5, 5.41) is 3.33. The van der Waals surface area contributed by atoms with Crippen molar-refractivity contribution in [3.8, 4) is 5.75 Å². The molecular formula is C23H23BrN2O3S. The van der Waals surface area contributed by atoms with E-state index in [1.807, 2.05) is 50.2 Å². The van der Waals surface area contributed by atoms with E-state index in [0.717, 1.165) is 26.9 Å². The van der Waals surface area contributed by atoms with Crippen molar-refractivity contribution in [1.29, 1.82) is 0 Å². The van der Waals surface area contributed by atoms with Crippen LogP contribution >= 0.6 is 27.3 Å². The summed E-state index contributed by atoms with van der Waals surface area (Å²) in [6.45, 7) is 4.32. The SMILES string of the molecule is CCc1c(C)sc(NC(=O)c2cc(Br)ccc2OCCc2ccccc2)c1C(N)=O. The Morgan fingerprint density at radius 2 is 1.90 bits per heavy atom. The molecule has 2 amide bonds. The van der Waals surface area contributed by atoms with Crippen molar-refractivity contribution in [3.05, 3.63) is 80.1 Å². The summed E-state index contributed by atoms with van der Waals surface area (Å²) < 4.78 is 6.67. The van der Waals surface area contributed by atoms with Crippen LogP contribution in [0.4, 0.5) is 5.00 Å². The van der Waals surface area contributed by atoms with E-state index in [4.69, 9.17) is 10.5 Å². The number of benzene rings is 2. The summed E-state index contributed by atoms with van der Waals surface area (Å²) in [6.07, 6.45) is 1.40. The van der Waals surface area contributed by atoms with Crippen LogP contribution in [0.5, 0.6) is 5.75 Å². The van der Waals surface area contributed by atoms with E-state index in [1.165, 1.54) is 11.3 Å². The standard InChI is InChI=1S/C23H23BrN2O3S/c1-3-17-14(2)30-23(20(17)21(25)27)26-22(28)18-13-16(24)9-10-19(18)29-12-11-15-7-5-4-6-8-15/h4-10,13H,3,11-12H2,1-2H3,(H2,25,27)(H,26,28). The van der Waals surface area contributed by atoms with Crippen molar-refractivity contribution in [2.45, 2.75) is 26.7 Å². The molecule has 3 aromatic rings. The zero-order valence-corrected chi connectivity index (χ0v) is 19.2. The normalized spacial score (nSPS) is 10.6. The fourth-order valence-corrected chi connectivity index (χ4v) is 4.76. The monoisotopic (exact) mass is 486 g/mol. The van der Waals surface area contributed by atoms with Crippen LogP contribution in [0, 0.1) is 6.92 Å². The molecule has 2 aromatic carbocycles. The highest BCUT2D eigenvalue weighted by Gasteiger charge is 2.22. The van der Waals surface area contributed by atoms with E-state index < -0.39 is 5.91 Å². The molecular weight excluding hydrogens is 464 g/mol. The molecule has 156 valence electrons. The molecule has 0 saturated carbocycles. The number of primary amides is 1. The second kappa shape index (κ2) is 9.91. The van der Waals surface area contributed by atoms with Crippen LogP contribution in [0.2, 0.25) is 0 Å². The Balaban J connectivity index is 1.81. The fourth-order valence-electron chi connectivity index (χ4n) is 3.25. The van der Waals surface area contributed by atoms with Crippen molar-refractivity contribution in [1.82, 2.24) is 0 Å². The number of carbonyl (C=O) groups is 2. The Bertz CT molecular complexity index is 1060. The van der Waals surface area contributed by atoms with Gasteiger partial charge in [0.05, 0.1) is 17.7 Å². The molecule has 0 unspecified atom stereocenters. The first kappa shape index (κ1) is 22.1. The highest BCUT2D eigenvalue weighted by molar-refractivity contribution is 9.10. The number of hydrogen-bond acceptors (Lipinski definition) is 4. The van der Waals surface area contributed by atoms with Gasteiger partial charge < -0.3 is 15.8 Å². The number of thiophene rings is 1. The highest BCUT2D eigenvalue weighted by atomic mass is 79.9. The van der Waals surface area contributed by atoms with Crippen LogP contribution in [0.1, 0.15) is 43.6 Å². The maximum absolute atomic E-state index is 13.0. The Labute approximate surface area is 188 Å². The number of ether oxygens (including phenoxy) is 1. The lowest BCUT2D eigenvalue weighted by Crippen LogP contribution is -2.18. The zero-order chi connectivity index (χ0) is 21.7. The van der Waals surface area contributed by atoms with Gasteiger partial charge >= 0.3 is 0 Å². The van der Waals surface area contributed by atoms with E-state index in [9.17, 15) is 9.59 Å². The minimum atomic E-state index is -0.542. The van der Waals surface area contributed by atoms with Gasteiger partial charge in [0.25, 0.3) is 11.8 Å². The Morgan fingerprint density at radius 1 is 1.17 bits per heavy atom. The minimum absolute atomic E-state index is 0.350. The van der Waals surface area contributed by atoms with E-state index in [2.05, 4.69) is 21.2 Å². The van der Waals surface area contributed by atoms with Crippen LogP contribution in [-0.4, -0.2) is 18.4 Å². The van der Waals surface area contributed by atoms with Crippen LogP contribution in [0.15, 0.2) is 53.0 Å². The summed E-state index contributed by atoms with van der Waals surface area (Å²) in [5.41, 5.74) is 8.38. The molecule has 0 saturated heterocycles. The first-order valence-electron chi connectivity index (χ1n) is 9.60. The predicted octanol–water partition coefficient (Wildman–Crippen LogP) is 5.35. The molecule has 1 aromatic heterocycles. The van der Waals surface area contributed by atoms with Gasteiger partial charge in [-0.25, -0.2) is 0 Å². The first-order chi connectivity index (χ1) is 14.4. The number of amides is 2. The lowest BCUT2D eigenvalue weighted by molar-refractivity contribution is 0.100. The van der Waals surface area contributed by atoms with Crippen LogP contribution < -0.4 is 15.8 Å². The highest BCUT2D eigenvalue weighted by Crippen LogP contribution is 2.34. The quantitative estimate of drug-likeness (QED) is 0.449. The Hall–Kier alpha value is -2.64. The number of carbonyl (C=O) groups excluding carboxylic acids is 2. The van der Waals surface area contributed by atoms with Crippen molar-refractivity contribution in [2.24, 2.45) is 5.73 Å². The number of anilines is 1.